The summed E-state index contributed by atoms with van der Waals surface area (Å²) in [6.07, 6.45) is 0.775. The number of aliphatic imine (C=N–C) groups is 1. The second-order valence-corrected chi connectivity index (χ2v) is 7.01. The molecule has 2 amide bonds. The summed E-state index contributed by atoms with van der Waals surface area (Å²) >= 11 is 0. The number of aromatic hydroxyl groups is 1. The third-order valence-electron chi connectivity index (χ3n) is 4.46. The minimum Gasteiger partial charge on any atom is -0.508 e. The monoisotopic (exact) mass is 442 g/mol. The lowest BCUT2D eigenvalue weighted by Crippen LogP contribution is -2.36. The number of carboxylic acid groups (broad SMARTS) is 1. The number of anilines is 2. The average Bonchev–Trinajstić information content (AvgIpc) is 2.72. The van der Waals surface area contributed by atoms with Gasteiger partial charge in [0.1, 0.15) is 11.8 Å². The number of hydrogen-bond donors (Lipinski definition) is 7. The highest BCUT2D eigenvalue weighted by atomic mass is 16.4. The van der Waals surface area contributed by atoms with Crippen molar-refractivity contribution in [1.82, 2.24) is 0 Å². The van der Waals surface area contributed by atoms with Crippen molar-refractivity contribution in [3.63, 3.8) is 0 Å². The van der Waals surface area contributed by atoms with Gasteiger partial charge in [0.05, 0.1) is 23.4 Å². The van der Waals surface area contributed by atoms with Crippen LogP contribution in [0.5, 0.6) is 5.75 Å². The molecule has 0 aromatic heterocycles. The Morgan fingerprint density at radius 1 is 1.00 bits per heavy atom. The van der Waals surface area contributed by atoms with E-state index in [0.29, 0.717) is 30.6 Å². The molecule has 2 rings (SSSR count). The summed E-state index contributed by atoms with van der Waals surface area (Å²) < 4.78 is 0. The van der Waals surface area contributed by atoms with E-state index in [4.69, 9.17) is 17.2 Å². The number of aromatic carboxylic acids is 1. The Balaban J connectivity index is 2.18. The van der Waals surface area contributed by atoms with E-state index in [9.17, 15) is 24.6 Å². The molecule has 170 valence electrons. The molecule has 0 saturated carbocycles. The molecule has 0 fully saturated rings. The highest BCUT2D eigenvalue weighted by Crippen LogP contribution is 2.25. The Bertz CT molecular complexity index is 1000. The standard InChI is InChI=1S/C21H26N6O5/c22-19(30)16(2-1-9-25-21(23)24)26-15-8-5-13(20(31)32)11-17(15)27-18(29)10-12-3-6-14(28)7-4-12/h3-8,11,16,26,28H,1-2,9-10H2,(H2,22,30)(H,27,29)(H,31,32)(H4,23,24,25)/t16-/m1/s1. The van der Waals surface area contributed by atoms with Gasteiger partial charge in [-0.25, -0.2) is 4.79 Å². The van der Waals surface area contributed by atoms with Gasteiger partial charge in [-0.05, 0) is 48.7 Å². The van der Waals surface area contributed by atoms with Crippen LogP contribution < -0.4 is 27.8 Å². The highest BCUT2D eigenvalue weighted by Gasteiger charge is 2.18. The Morgan fingerprint density at radius 2 is 1.69 bits per heavy atom. The van der Waals surface area contributed by atoms with Crippen molar-refractivity contribution in [3.8, 4) is 5.75 Å². The number of guanidine groups is 1. The zero-order valence-corrected chi connectivity index (χ0v) is 17.2. The first kappa shape index (κ1) is 24.0. The van der Waals surface area contributed by atoms with Crippen LogP contribution in [0.2, 0.25) is 0 Å². The lowest BCUT2D eigenvalue weighted by Gasteiger charge is -2.20. The van der Waals surface area contributed by atoms with Crippen LogP contribution in [0.15, 0.2) is 47.5 Å². The van der Waals surface area contributed by atoms with E-state index in [-0.39, 0.29) is 29.4 Å². The van der Waals surface area contributed by atoms with Crippen molar-refractivity contribution < 1.29 is 24.6 Å². The summed E-state index contributed by atoms with van der Waals surface area (Å²) in [5.41, 5.74) is 17.2. The van der Waals surface area contributed by atoms with Gasteiger partial charge in [0.2, 0.25) is 11.8 Å². The molecule has 0 saturated heterocycles. The third kappa shape index (κ3) is 7.52. The van der Waals surface area contributed by atoms with Gasteiger partial charge in [0.25, 0.3) is 0 Å². The van der Waals surface area contributed by atoms with Crippen LogP contribution in [0.1, 0.15) is 28.8 Å². The predicted molar refractivity (Wildman–Crippen MR) is 120 cm³/mol. The van der Waals surface area contributed by atoms with E-state index in [1.807, 2.05) is 0 Å². The van der Waals surface area contributed by atoms with Crippen molar-refractivity contribution in [3.05, 3.63) is 53.6 Å². The number of carbonyl (C=O) groups excluding carboxylic acids is 2. The van der Waals surface area contributed by atoms with Crippen molar-refractivity contribution in [2.75, 3.05) is 17.2 Å². The van der Waals surface area contributed by atoms with Gasteiger partial charge < -0.3 is 38.0 Å². The molecule has 2 aromatic rings. The number of amides is 2. The highest BCUT2D eigenvalue weighted by molar-refractivity contribution is 5.99. The van der Waals surface area contributed by atoms with Gasteiger partial charge in [0.15, 0.2) is 5.96 Å². The maximum absolute atomic E-state index is 12.5. The fraction of sp³-hybridized carbons (Fsp3) is 0.238. The molecule has 0 bridgehead atoms. The summed E-state index contributed by atoms with van der Waals surface area (Å²) in [5, 5.41) is 24.3. The Morgan fingerprint density at radius 3 is 2.28 bits per heavy atom. The van der Waals surface area contributed by atoms with Crippen molar-refractivity contribution in [2.24, 2.45) is 22.2 Å². The smallest absolute Gasteiger partial charge is 0.335 e. The minimum absolute atomic E-state index is 0.00518. The molecule has 2 aromatic carbocycles. The normalized spacial score (nSPS) is 11.2. The molecule has 11 heteroatoms. The minimum atomic E-state index is -1.17. The number of nitrogens with one attached hydrogen (secondary N) is 2. The third-order valence-corrected chi connectivity index (χ3v) is 4.46. The van der Waals surface area contributed by atoms with Gasteiger partial charge in [-0.2, -0.15) is 0 Å². The molecule has 0 aliphatic rings. The van der Waals surface area contributed by atoms with E-state index in [2.05, 4.69) is 15.6 Å². The van der Waals surface area contributed by atoms with Gasteiger partial charge in [-0.1, -0.05) is 12.1 Å². The number of primary amides is 1. The first-order chi connectivity index (χ1) is 15.2. The van der Waals surface area contributed by atoms with Crippen molar-refractivity contribution in [2.45, 2.75) is 25.3 Å². The summed E-state index contributed by atoms with van der Waals surface area (Å²) in [7, 11) is 0. The van der Waals surface area contributed by atoms with Crippen molar-refractivity contribution >= 4 is 35.1 Å². The molecule has 0 heterocycles. The molecule has 0 radical (unpaired) electrons. The van der Waals surface area contributed by atoms with E-state index in [1.54, 1.807) is 12.1 Å². The van der Waals surface area contributed by atoms with E-state index < -0.39 is 23.8 Å². The van der Waals surface area contributed by atoms with Crippen LogP contribution in [0.25, 0.3) is 0 Å². The Labute approximate surface area is 184 Å². The number of rotatable bonds is 11. The molecule has 0 spiro atoms. The molecular weight excluding hydrogens is 416 g/mol. The van der Waals surface area contributed by atoms with Gasteiger partial charge >= 0.3 is 5.97 Å². The van der Waals surface area contributed by atoms with Crippen LogP contribution in [-0.2, 0) is 16.0 Å². The summed E-state index contributed by atoms with van der Waals surface area (Å²) in [6.45, 7) is 0.308. The lowest BCUT2D eigenvalue weighted by atomic mass is 10.1. The first-order valence-corrected chi connectivity index (χ1v) is 9.72. The fourth-order valence-corrected chi connectivity index (χ4v) is 2.88. The molecule has 10 N–H and O–H groups in total. The SMILES string of the molecule is NC(=O)[C@@H](CCCN=C(N)N)Nc1ccc(C(=O)O)cc1NC(=O)Cc1ccc(O)cc1. The molecule has 1 atom stereocenters. The second-order valence-electron chi connectivity index (χ2n) is 7.01. The fourth-order valence-electron chi connectivity index (χ4n) is 2.88. The number of nitrogens with zero attached hydrogens (tertiary/aromatic N) is 1. The van der Waals surface area contributed by atoms with Crippen LogP contribution >= 0.6 is 0 Å². The quantitative estimate of drug-likeness (QED) is 0.148. The number of carboxylic acids is 1. The number of phenolic OH excluding ortho intramolecular Hbond substituents is 1. The van der Waals surface area contributed by atoms with Crippen LogP contribution in [0, 0.1) is 0 Å². The molecule has 0 aliphatic carbocycles. The lowest BCUT2D eigenvalue weighted by molar-refractivity contribution is -0.119. The van der Waals surface area contributed by atoms with Gasteiger partial charge in [-0.15, -0.1) is 0 Å². The summed E-state index contributed by atoms with van der Waals surface area (Å²) in [5.74, 6) is -2.19. The predicted octanol–water partition coefficient (Wildman–Crippen LogP) is 0.591. The summed E-state index contributed by atoms with van der Waals surface area (Å²) in [4.78, 5) is 39.6. The van der Waals surface area contributed by atoms with Gasteiger partial charge in [0, 0.05) is 6.54 Å². The van der Waals surface area contributed by atoms with Crippen molar-refractivity contribution in [1.29, 1.82) is 0 Å². The molecule has 0 aliphatic heterocycles. The second kappa shape index (κ2) is 11.2. The summed E-state index contributed by atoms with van der Waals surface area (Å²) in [6, 6.07) is 9.40. The number of hydrogen-bond acceptors (Lipinski definition) is 6. The van der Waals surface area contributed by atoms with Crippen LogP contribution in [-0.4, -0.2) is 46.5 Å². The number of carbonyl (C=O) groups is 3. The van der Waals surface area contributed by atoms with Crippen LogP contribution in [0.4, 0.5) is 11.4 Å². The maximum Gasteiger partial charge on any atom is 0.335 e. The topological polar surface area (TPSA) is 206 Å². The number of benzene rings is 2. The Hall–Kier alpha value is -4.28. The van der Waals surface area contributed by atoms with E-state index in [1.165, 1.54) is 30.3 Å². The Kier molecular flexibility index (Phi) is 8.40. The first-order valence-electron chi connectivity index (χ1n) is 9.72. The van der Waals surface area contributed by atoms with E-state index in [0.717, 1.165) is 0 Å². The number of phenols is 1. The average molecular weight is 442 g/mol. The van der Waals surface area contributed by atoms with Gasteiger partial charge in [-0.3, -0.25) is 14.6 Å². The van der Waals surface area contributed by atoms with E-state index >= 15 is 0 Å². The maximum atomic E-state index is 12.5. The largest absolute Gasteiger partial charge is 0.508 e. The molecular formula is C21H26N6O5. The molecule has 0 unspecified atom stereocenters. The van der Waals surface area contributed by atoms with Crippen LogP contribution in [0.3, 0.4) is 0 Å². The zero-order chi connectivity index (χ0) is 23.7. The number of nitrogens with two attached hydrogens (primary N) is 3. The zero-order valence-electron chi connectivity index (χ0n) is 17.2. The molecule has 32 heavy (non-hydrogen) atoms. The molecule has 11 nitrogen and oxygen atoms in total.